The molecule has 0 aliphatic heterocycles. The zero-order valence-corrected chi connectivity index (χ0v) is 11.1. The number of hydrogen-bond acceptors (Lipinski definition) is 1. The van der Waals surface area contributed by atoms with E-state index in [1.54, 1.807) is 0 Å². The van der Waals surface area contributed by atoms with Crippen LogP contribution in [-0.4, -0.2) is 10.1 Å². The third kappa shape index (κ3) is 3.88. The van der Waals surface area contributed by atoms with Crippen molar-refractivity contribution < 1.29 is 30.7 Å². The Morgan fingerprint density at radius 3 is 2.00 bits per heavy atom. The highest BCUT2D eigenvalue weighted by atomic mass is 79.9. The maximum absolute atomic E-state index is 13.1. The summed E-state index contributed by atoms with van der Waals surface area (Å²) < 4.78 is 88.6. The summed E-state index contributed by atoms with van der Waals surface area (Å²) in [6, 6.07) is 3.89. The van der Waals surface area contributed by atoms with Crippen LogP contribution in [-0.2, 0) is 0 Å². The van der Waals surface area contributed by atoms with E-state index in [9.17, 15) is 30.7 Å². The second kappa shape index (κ2) is 5.74. The highest BCUT2D eigenvalue weighted by Crippen LogP contribution is 2.51. The lowest BCUT2D eigenvalue weighted by molar-refractivity contribution is -0.0779. The minimum Gasteiger partial charge on any atom is -0.200 e. The average molecular weight is 369 g/mol. The molecule has 0 radical (unpaired) electrons. The third-order valence-electron chi connectivity index (χ3n) is 1.86. The highest BCUT2D eigenvalue weighted by molar-refractivity contribution is 9.10. The maximum Gasteiger partial charge on any atom is 0.373 e. The van der Waals surface area contributed by atoms with E-state index >= 15 is 0 Å². The monoisotopic (exact) mass is 368 g/mol. The predicted molar refractivity (Wildman–Crippen MR) is 61.4 cm³/mol. The van der Waals surface area contributed by atoms with Crippen LogP contribution in [0.25, 0.3) is 5.83 Å². The molecule has 19 heavy (non-hydrogen) atoms. The molecule has 0 aliphatic rings. The van der Waals surface area contributed by atoms with E-state index in [0.29, 0.717) is 0 Å². The molecule has 0 spiro atoms. The van der Waals surface area contributed by atoms with Gasteiger partial charge in [-0.25, -0.2) is 4.39 Å². The summed E-state index contributed by atoms with van der Waals surface area (Å²) in [6.07, 6.45) is -2.72. The van der Waals surface area contributed by atoms with E-state index in [0.717, 1.165) is 24.3 Å². The lowest BCUT2D eigenvalue weighted by atomic mass is 10.2. The molecular weight excluding hydrogens is 365 g/mol. The number of benzene rings is 1. The Morgan fingerprint density at radius 2 is 1.53 bits per heavy atom. The fraction of sp³-hybridized carbons (Fsp3) is 0.200. The normalized spacial score (nSPS) is 12.4. The molecule has 1 aromatic carbocycles. The minimum absolute atomic E-state index is 0.713. The van der Waals surface area contributed by atoms with Crippen LogP contribution < -0.4 is 0 Å². The number of thioether (sulfide) groups is 1. The van der Waals surface area contributed by atoms with Gasteiger partial charge in [0.2, 0.25) is 0 Å². The van der Waals surface area contributed by atoms with Gasteiger partial charge >= 0.3 is 16.2 Å². The van der Waals surface area contributed by atoms with Crippen molar-refractivity contribution in [1.29, 1.82) is 0 Å². The summed E-state index contributed by atoms with van der Waals surface area (Å²) >= 11 is 0.777. The van der Waals surface area contributed by atoms with Crippen molar-refractivity contribution in [3.8, 4) is 0 Å². The first-order chi connectivity index (χ1) is 8.56. The number of hydrogen-bond donors (Lipinski definition) is 0. The molecule has 0 aromatic heterocycles. The molecule has 0 atom stereocenters. The molecule has 1 rings (SSSR count). The molecule has 0 N–H and O–H groups in total. The molecule has 0 saturated carbocycles. The minimum atomic E-state index is -4.63. The Kier molecular flexibility index (Phi) is 4.94. The fourth-order valence-electron chi connectivity index (χ4n) is 1.03. The van der Waals surface area contributed by atoms with E-state index in [1.165, 1.54) is 15.9 Å². The van der Waals surface area contributed by atoms with Crippen molar-refractivity contribution in [1.82, 2.24) is 0 Å². The van der Waals surface area contributed by atoms with Crippen LogP contribution in [0.2, 0.25) is 0 Å². The molecule has 0 nitrogen and oxygen atoms in total. The zero-order valence-electron chi connectivity index (χ0n) is 8.74. The van der Waals surface area contributed by atoms with Crippen LogP contribution >= 0.6 is 27.7 Å². The molecule has 9 heteroatoms. The quantitative estimate of drug-likeness (QED) is 0.362. The van der Waals surface area contributed by atoms with Gasteiger partial charge in [-0.05, 0) is 33.8 Å². The largest absolute Gasteiger partial charge is 0.373 e. The van der Waals surface area contributed by atoms with Crippen LogP contribution in [0, 0.1) is 0 Å². The standard InChI is InChI=1S/C10H4BrF7S/c11-9(15,16)10(17,18)19-6-4-2-1-3-5(6)7(12)8(13)14/h1-4H. The topological polar surface area (TPSA) is 0 Å². The van der Waals surface area contributed by atoms with Crippen molar-refractivity contribution in [3.05, 3.63) is 35.9 Å². The number of halogens is 8. The van der Waals surface area contributed by atoms with Crippen LogP contribution in [0.5, 0.6) is 0 Å². The van der Waals surface area contributed by atoms with E-state index in [2.05, 4.69) is 0 Å². The van der Waals surface area contributed by atoms with E-state index < -0.39 is 44.2 Å². The average Bonchev–Trinajstić information content (AvgIpc) is 2.26. The van der Waals surface area contributed by atoms with Crippen LogP contribution in [0.3, 0.4) is 0 Å². The Balaban J connectivity index is 3.21. The van der Waals surface area contributed by atoms with Gasteiger partial charge in [-0.15, -0.1) is 0 Å². The van der Waals surface area contributed by atoms with Gasteiger partial charge in [0, 0.05) is 10.5 Å². The van der Waals surface area contributed by atoms with Gasteiger partial charge in [-0.1, -0.05) is 18.2 Å². The van der Waals surface area contributed by atoms with Gasteiger partial charge in [-0.3, -0.25) is 0 Å². The van der Waals surface area contributed by atoms with E-state index in [1.807, 2.05) is 0 Å². The molecular formula is C10H4BrF7S. The van der Waals surface area contributed by atoms with E-state index in [4.69, 9.17) is 0 Å². The first kappa shape index (κ1) is 16.4. The van der Waals surface area contributed by atoms with E-state index in [-0.39, 0.29) is 0 Å². The van der Waals surface area contributed by atoms with Crippen LogP contribution in [0.4, 0.5) is 30.7 Å². The molecule has 0 bridgehead atoms. The first-order valence-electron chi connectivity index (χ1n) is 4.50. The van der Waals surface area contributed by atoms with Crippen molar-refractivity contribution >= 4 is 33.5 Å². The van der Waals surface area contributed by atoms with Crippen LogP contribution in [0.15, 0.2) is 35.2 Å². The summed E-state index contributed by atoms with van der Waals surface area (Å²) in [5, 5.41) is -4.63. The SMILES string of the molecule is FC(F)=C(F)c1ccccc1SC(F)(F)C(F)(F)Br. The smallest absolute Gasteiger partial charge is 0.200 e. The number of alkyl halides is 5. The molecule has 0 unspecified atom stereocenters. The summed E-state index contributed by atoms with van der Waals surface area (Å²) in [6.45, 7) is 0. The molecule has 0 heterocycles. The fourth-order valence-corrected chi connectivity index (χ4v) is 2.08. The van der Waals surface area contributed by atoms with Gasteiger partial charge in [0.15, 0.2) is 5.83 Å². The maximum atomic E-state index is 13.1. The van der Waals surface area contributed by atoms with Gasteiger partial charge in [0.25, 0.3) is 0 Å². The Labute approximate surface area is 115 Å². The second-order valence-electron chi connectivity index (χ2n) is 3.19. The zero-order chi connectivity index (χ0) is 14.8. The summed E-state index contributed by atoms with van der Waals surface area (Å²) in [7, 11) is 0. The van der Waals surface area contributed by atoms with Crippen LogP contribution in [0.1, 0.15) is 5.56 Å². The first-order valence-corrected chi connectivity index (χ1v) is 6.11. The predicted octanol–water partition coefficient (Wildman–Crippen LogP) is 5.89. The van der Waals surface area contributed by atoms with Crippen molar-refractivity contribution in [2.45, 2.75) is 15.0 Å². The second-order valence-corrected chi connectivity index (χ2v) is 5.34. The molecule has 1 aromatic rings. The Bertz CT molecular complexity index is 491. The highest BCUT2D eigenvalue weighted by Gasteiger charge is 2.55. The number of rotatable bonds is 4. The van der Waals surface area contributed by atoms with Gasteiger partial charge < -0.3 is 0 Å². The summed E-state index contributed by atoms with van der Waals surface area (Å²) in [4.78, 5) is -5.29. The lowest BCUT2D eigenvalue weighted by Gasteiger charge is -2.21. The summed E-state index contributed by atoms with van der Waals surface area (Å²) in [5.74, 6) is -2.03. The summed E-state index contributed by atoms with van der Waals surface area (Å²) in [5.41, 5.74) is -0.871. The Hall–Kier alpha value is -0.700. The lowest BCUT2D eigenvalue weighted by Crippen LogP contribution is -2.31. The van der Waals surface area contributed by atoms with Gasteiger partial charge in [0.05, 0.1) is 0 Å². The van der Waals surface area contributed by atoms with Crippen molar-refractivity contribution in [2.24, 2.45) is 0 Å². The molecule has 106 valence electrons. The molecule has 0 fully saturated rings. The third-order valence-corrected chi connectivity index (χ3v) is 3.71. The molecule has 0 saturated heterocycles. The van der Waals surface area contributed by atoms with Gasteiger partial charge in [-0.2, -0.15) is 26.3 Å². The van der Waals surface area contributed by atoms with Gasteiger partial charge in [0.1, 0.15) is 0 Å². The molecule has 0 aliphatic carbocycles. The van der Waals surface area contributed by atoms with Crippen molar-refractivity contribution in [3.63, 3.8) is 0 Å². The van der Waals surface area contributed by atoms with Crippen molar-refractivity contribution in [2.75, 3.05) is 0 Å². The Morgan fingerprint density at radius 1 is 1.00 bits per heavy atom. The molecule has 0 amide bonds.